The minimum absolute atomic E-state index is 0.872. The summed E-state index contributed by atoms with van der Waals surface area (Å²) < 4.78 is 0. The molecule has 3 nitrogen and oxygen atoms in total. The maximum atomic E-state index is 8.56. The minimum Gasteiger partial charge on any atom is -0.450 e. The van der Waals surface area contributed by atoms with E-state index in [1.165, 1.54) is 64.2 Å². The van der Waals surface area contributed by atoms with Crippen LogP contribution in [0, 0.1) is 0 Å². The summed E-state index contributed by atoms with van der Waals surface area (Å²) in [5.41, 5.74) is 3.42. The second-order valence-corrected chi connectivity index (χ2v) is 6.58. The lowest BCUT2D eigenvalue weighted by Crippen LogP contribution is -2.12. The molecule has 0 atom stereocenters. The quantitative estimate of drug-likeness (QED) is 0.704. The fourth-order valence-electron chi connectivity index (χ4n) is 4.08. The van der Waals surface area contributed by atoms with Crippen LogP contribution in [-0.2, 0) is 0 Å². The Morgan fingerprint density at radius 2 is 1.05 bits per heavy atom. The van der Waals surface area contributed by atoms with E-state index >= 15 is 0 Å². The van der Waals surface area contributed by atoms with Gasteiger partial charge in [0, 0.05) is 0 Å². The maximum absolute atomic E-state index is 8.56. The number of carboxylic acid groups (broad SMARTS) is 2. The van der Waals surface area contributed by atoms with E-state index in [2.05, 4.69) is 24.3 Å². The molecular formula is C19H28O3. The molecule has 1 aromatic rings. The first-order chi connectivity index (χ1) is 10.7. The Morgan fingerprint density at radius 1 is 0.727 bits per heavy atom. The molecule has 0 saturated heterocycles. The summed E-state index contributed by atoms with van der Waals surface area (Å²) in [7, 11) is 0. The number of carbonyl (C=O) groups is 1. The Hall–Kier alpha value is -1.51. The van der Waals surface area contributed by atoms with Crippen molar-refractivity contribution < 1.29 is 15.0 Å². The molecule has 0 unspecified atom stereocenters. The van der Waals surface area contributed by atoms with E-state index in [-0.39, 0.29) is 0 Å². The van der Waals surface area contributed by atoms with Gasteiger partial charge >= 0.3 is 6.16 Å². The molecule has 2 N–H and O–H groups in total. The second-order valence-electron chi connectivity index (χ2n) is 6.58. The third kappa shape index (κ3) is 5.04. The van der Waals surface area contributed by atoms with Crippen molar-refractivity contribution in [2.45, 2.75) is 76.0 Å². The molecule has 0 heterocycles. The average molecular weight is 304 g/mol. The molecule has 0 spiro atoms. The summed E-state index contributed by atoms with van der Waals surface area (Å²) in [4.78, 5) is 8.56. The Bertz CT molecular complexity index is 417. The number of hydrogen-bond acceptors (Lipinski definition) is 1. The third-order valence-electron chi connectivity index (χ3n) is 5.09. The van der Waals surface area contributed by atoms with Crippen LogP contribution in [-0.4, -0.2) is 16.4 Å². The lowest BCUT2D eigenvalue weighted by molar-refractivity contribution is 0.137. The highest BCUT2D eigenvalue weighted by Gasteiger charge is 2.23. The highest BCUT2D eigenvalue weighted by Crippen LogP contribution is 2.40. The third-order valence-corrected chi connectivity index (χ3v) is 5.09. The standard InChI is InChI=1S/C18H26.CH2O3/c1-3-9-15(10-4-1)17-13-7-8-14-18(17)16-11-5-2-6-12-16;2-1(3)4/h7-8,13-16H,1-6,9-12H2;(H2,2,3,4). The Balaban J connectivity index is 0.000000396. The zero-order valence-corrected chi connectivity index (χ0v) is 13.3. The van der Waals surface area contributed by atoms with E-state index in [0.717, 1.165) is 11.8 Å². The topological polar surface area (TPSA) is 57.5 Å². The molecule has 122 valence electrons. The first-order valence-electron chi connectivity index (χ1n) is 8.69. The van der Waals surface area contributed by atoms with Crippen molar-refractivity contribution in [3.05, 3.63) is 35.4 Å². The van der Waals surface area contributed by atoms with Gasteiger partial charge in [0.25, 0.3) is 0 Å². The molecular weight excluding hydrogens is 276 g/mol. The van der Waals surface area contributed by atoms with E-state index in [9.17, 15) is 0 Å². The summed E-state index contributed by atoms with van der Waals surface area (Å²) in [5, 5.41) is 13.9. The summed E-state index contributed by atoms with van der Waals surface area (Å²) >= 11 is 0. The van der Waals surface area contributed by atoms with Crippen molar-refractivity contribution >= 4 is 6.16 Å². The lowest BCUT2D eigenvalue weighted by atomic mass is 9.76. The normalized spacial score (nSPS) is 20.0. The Morgan fingerprint density at radius 3 is 1.36 bits per heavy atom. The molecule has 2 fully saturated rings. The molecule has 3 rings (SSSR count). The molecule has 2 saturated carbocycles. The van der Waals surface area contributed by atoms with E-state index in [4.69, 9.17) is 15.0 Å². The molecule has 2 aliphatic carbocycles. The molecule has 0 radical (unpaired) electrons. The number of rotatable bonds is 2. The van der Waals surface area contributed by atoms with Gasteiger partial charge in [-0.05, 0) is 48.6 Å². The van der Waals surface area contributed by atoms with Crippen molar-refractivity contribution in [1.29, 1.82) is 0 Å². The molecule has 0 bridgehead atoms. The molecule has 0 amide bonds. The van der Waals surface area contributed by atoms with Gasteiger partial charge in [-0.25, -0.2) is 4.79 Å². The van der Waals surface area contributed by atoms with Crippen LogP contribution in [0.4, 0.5) is 4.79 Å². The first kappa shape index (κ1) is 16.9. The number of benzene rings is 1. The molecule has 0 aliphatic heterocycles. The average Bonchev–Trinajstić information content (AvgIpc) is 2.56. The molecule has 0 aromatic heterocycles. The van der Waals surface area contributed by atoms with Gasteiger partial charge in [0.05, 0.1) is 0 Å². The van der Waals surface area contributed by atoms with Gasteiger partial charge in [0.1, 0.15) is 0 Å². The van der Waals surface area contributed by atoms with Crippen LogP contribution in [0.2, 0.25) is 0 Å². The van der Waals surface area contributed by atoms with Crippen LogP contribution in [0.15, 0.2) is 24.3 Å². The fraction of sp³-hybridized carbons (Fsp3) is 0.632. The van der Waals surface area contributed by atoms with Gasteiger partial charge in [-0.15, -0.1) is 0 Å². The highest BCUT2D eigenvalue weighted by molar-refractivity contribution is 5.53. The molecule has 22 heavy (non-hydrogen) atoms. The zero-order chi connectivity index (χ0) is 15.8. The van der Waals surface area contributed by atoms with E-state index in [1.807, 2.05) is 0 Å². The SMILES string of the molecule is O=C(O)O.c1ccc(C2CCCCC2)c(C2CCCCC2)c1. The van der Waals surface area contributed by atoms with Gasteiger partial charge in [0.15, 0.2) is 0 Å². The van der Waals surface area contributed by atoms with Gasteiger partial charge in [0.2, 0.25) is 0 Å². The predicted octanol–water partition coefficient (Wildman–Crippen LogP) is 6.00. The maximum Gasteiger partial charge on any atom is 0.503 e. The first-order valence-corrected chi connectivity index (χ1v) is 8.69. The van der Waals surface area contributed by atoms with Crippen LogP contribution >= 0.6 is 0 Å². The minimum atomic E-state index is -1.83. The van der Waals surface area contributed by atoms with Gasteiger partial charge in [-0.1, -0.05) is 62.8 Å². The summed E-state index contributed by atoms with van der Waals surface area (Å²) in [6, 6.07) is 9.38. The molecule has 2 aliphatic rings. The summed E-state index contributed by atoms with van der Waals surface area (Å²) in [5.74, 6) is 1.74. The van der Waals surface area contributed by atoms with Crippen molar-refractivity contribution in [1.82, 2.24) is 0 Å². The molecule has 3 heteroatoms. The van der Waals surface area contributed by atoms with E-state index < -0.39 is 6.16 Å². The van der Waals surface area contributed by atoms with E-state index in [1.54, 1.807) is 11.1 Å². The van der Waals surface area contributed by atoms with Crippen LogP contribution in [0.5, 0.6) is 0 Å². The summed E-state index contributed by atoms with van der Waals surface area (Å²) in [6.07, 6.45) is 12.6. The number of hydrogen-bond donors (Lipinski definition) is 2. The molecule has 1 aromatic carbocycles. The van der Waals surface area contributed by atoms with Gasteiger partial charge in [-0.3, -0.25) is 0 Å². The van der Waals surface area contributed by atoms with Crippen molar-refractivity contribution in [3.8, 4) is 0 Å². The Labute approximate surface area is 133 Å². The van der Waals surface area contributed by atoms with Crippen molar-refractivity contribution in [3.63, 3.8) is 0 Å². The van der Waals surface area contributed by atoms with Crippen LogP contribution in [0.1, 0.15) is 87.2 Å². The van der Waals surface area contributed by atoms with Crippen LogP contribution in [0.3, 0.4) is 0 Å². The van der Waals surface area contributed by atoms with Gasteiger partial charge in [-0.2, -0.15) is 0 Å². The monoisotopic (exact) mass is 304 g/mol. The Kier molecular flexibility index (Phi) is 6.75. The van der Waals surface area contributed by atoms with Gasteiger partial charge < -0.3 is 10.2 Å². The van der Waals surface area contributed by atoms with Crippen LogP contribution in [0.25, 0.3) is 0 Å². The smallest absolute Gasteiger partial charge is 0.450 e. The van der Waals surface area contributed by atoms with E-state index in [0.29, 0.717) is 0 Å². The predicted molar refractivity (Wildman–Crippen MR) is 88.7 cm³/mol. The van der Waals surface area contributed by atoms with Crippen molar-refractivity contribution in [2.24, 2.45) is 0 Å². The second kappa shape index (κ2) is 8.82. The summed E-state index contributed by atoms with van der Waals surface area (Å²) in [6.45, 7) is 0. The highest BCUT2D eigenvalue weighted by atomic mass is 16.6. The largest absolute Gasteiger partial charge is 0.503 e. The fourth-order valence-corrected chi connectivity index (χ4v) is 4.08. The van der Waals surface area contributed by atoms with Crippen molar-refractivity contribution in [2.75, 3.05) is 0 Å². The zero-order valence-electron chi connectivity index (χ0n) is 13.3. The lowest BCUT2D eigenvalue weighted by Gasteiger charge is -2.29. The van der Waals surface area contributed by atoms with Crippen LogP contribution < -0.4 is 0 Å².